The highest BCUT2D eigenvalue weighted by molar-refractivity contribution is 5.77. The predicted octanol–water partition coefficient (Wildman–Crippen LogP) is 0.987. The number of aryl methyl sites for hydroxylation is 1. The van der Waals surface area contributed by atoms with E-state index in [0.29, 0.717) is 6.42 Å². The van der Waals surface area contributed by atoms with Gasteiger partial charge < -0.3 is 5.32 Å². The number of rotatable bonds is 4. The third-order valence-electron chi connectivity index (χ3n) is 5.63. The molecule has 0 bridgehead atoms. The van der Waals surface area contributed by atoms with Gasteiger partial charge in [-0.15, -0.1) is 0 Å². The number of hydrogen-bond acceptors (Lipinski definition) is 4. The van der Waals surface area contributed by atoms with Crippen LogP contribution >= 0.6 is 0 Å². The van der Waals surface area contributed by atoms with Crippen molar-refractivity contribution in [2.75, 3.05) is 32.7 Å². The van der Waals surface area contributed by atoms with E-state index in [1.54, 1.807) is 0 Å². The molecule has 24 heavy (non-hydrogen) atoms. The molecular weight excluding hydrogens is 302 g/mol. The van der Waals surface area contributed by atoms with Gasteiger partial charge >= 0.3 is 0 Å². The average molecular weight is 331 g/mol. The fraction of sp³-hybridized carbons (Fsp3) is 0.778. The Bertz CT molecular complexity index is 596. The lowest BCUT2D eigenvalue weighted by atomic mass is 9.87. The molecule has 3 fully saturated rings. The number of hydrogen-bond donors (Lipinski definition) is 1. The number of carbonyl (C=O) groups excluding carboxylic acids is 1. The Hall–Kier alpha value is -1.40. The van der Waals surface area contributed by atoms with Gasteiger partial charge in [-0.05, 0) is 31.6 Å². The van der Waals surface area contributed by atoms with E-state index >= 15 is 0 Å². The predicted molar refractivity (Wildman–Crippen MR) is 92.4 cm³/mol. The minimum absolute atomic E-state index is 0.0665. The summed E-state index contributed by atoms with van der Waals surface area (Å²) in [6, 6.07) is 0. The van der Waals surface area contributed by atoms with E-state index in [1.807, 2.05) is 17.9 Å². The van der Waals surface area contributed by atoms with Gasteiger partial charge in [-0.1, -0.05) is 0 Å². The van der Waals surface area contributed by atoms with Crippen molar-refractivity contribution in [3.63, 3.8) is 0 Å². The van der Waals surface area contributed by atoms with Crippen LogP contribution in [-0.4, -0.2) is 63.8 Å². The smallest absolute Gasteiger partial charge is 0.220 e. The number of nitrogens with one attached hydrogen (secondary N) is 1. The molecule has 1 amide bonds. The van der Waals surface area contributed by atoms with Crippen LogP contribution in [0.15, 0.2) is 12.4 Å². The van der Waals surface area contributed by atoms with E-state index in [1.165, 1.54) is 24.9 Å². The van der Waals surface area contributed by atoms with Crippen LogP contribution in [0.2, 0.25) is 0 Å². The second-order valence-electron chi connectivity index (χ2n) is 8.09. The molecule has 2 aliphatic heterocycles. The molecule has 2 saturated heterocycles. The highest BCUT2D eigenvalue weighted by atomic mass is 16.1. The first-order valence-corrected chi connectivity index (χ1v) is 9.33. The number of carbonyl (C=O) groups is 1. The third-order valence-corrected chi connectivity index (χ3v) is 5.63. The molecule has 1 unspecified atom stereocenters. The van der Waals surface area contributed by atoms with E-state index < -0.39 is 0 Å². The summed E-state index contributed by atoms with van der Waals surface area (Å²) in [4.78, 5) is 17.2. The molecule has 4 rings (SSSR count). The third kappa shape index (κ3) is 3.81. The van der Waals surface area contributed by atoms with Gasteiger partial charge in [-0.25, -0.2) is 0 Å². The van der Waals surface area contributed by atoms with Crippen molar-refractivity contribution >= 4 is 5.91 Å². The molecule has 1 aromatic rings. The van der Waals surface area contributed by atoms with Gasteiger partial charge in [0.2, 0.25) is 5.91 Å². The minimum Gasteiger partial charge on any atom is -0.348 e. The van der Waals surface area contributed by atoms with Crippen LogP contribution in [0.4, 0.5) is 0 Å². The van der Waals surface area contributed by atoms with E-state index in [4.69, 9.17) is 0 Å². The first-order chi connectivity index (χ1) is 11.6. The molecule has 1 N–H and O–H groups in total. The van der Waals surface area contributed by atoms with Crippen molar-refractivity contribution in [1.82, 2.24) is 24.9 Å². The van der Waals surface area contributed by atoms with Gasteiger partial charge in [0.1, 0.15) is 0 Å². The molecule has 3 aliphatic rings. The SMILES string of the molecule is Cn1cc(CN2CCN(CC3CC3)CC3(CCCC(=O)N3)C2)cn1. The Morgan fingerprint density at radius 1 is 1.29 bits per heavy atom. The van der Waals surface area contributed by atoms with Crippen molar-refractivity contribution in [3.8, 4) is 0 Å². The van der Waals surface area contributed by atoms with Crippen LogP contribution in [0, 0.1) is 5.92 Å². The quantitative estimate of drug-likeness (QED) is 0.894. The van der Waals surface area contributed by atoms with Gasteiger partial charge in [0.25, 0.3) is 0 Å². The molecule has 1 spiro atoms. The summed E-state index contributed by atoms with van der Waals surface area (Å²) < 4.78 is 1.87. The van der Waals surface area contributed by atoms with E-state index in [-0.39, 0.29) is 11.4 Å². The molecule has 0 radical (unpaired) electrons. The van der Waals surface area contributed by atoms with Gasteiger partial charge in [0.15, 0.2) is 0 Å². The molecule has 3 heterocycles. The van der Waals surface area contributed by atoms with E-state index in [9.17, 15) is 4.79 Å². The van der Waals surface area contributed by atoms with Crippen LogP contribution in [0.3, 0.4) is 0 Å². The molecule has 1 aromatic heterocycles. The van der Waals surface area contributed by atoms with Crippen LogP contribution in [0.1, 0.15) is 37.7 Å². The van der Waals surface area contributed by atoms with Crippen LogP contribution in [0.5, 0.6) is 0 Å². The second kappa shape index (κ2) is 6.48. The zero-order valence-electron chi connectivity index (χ0n) is 14.7. The molecule has 1 saturated carbocycles. The van der Waals surface area contributed by atoms with Crippen molar-refractivity contribution in [3.05, 3.63) is 18.0 Å². The fourth-order valence-electron chi connectivity index (χ4n) is 4.36. The van der Waals surface area contributed by atoms with Gasteiger partial charge in [-0.3, -0.25) is 19.3 Å². The number of piperidine rings is 1. The summed E-state index contributed by atoms with van der Waals surface area (Å²) in [5.41, 5.74) is 1.19. The summed E-state index contributed by atoms with van der Waals surface area (Å²) in [5, 5.41) is 7.67. The maximum Gasteiger partial charge on any atom is 0.220 e. The molecule has 6 heteroatoms. The van der Waals surface area contributed by atoms with Gasteiger partial charge in [-0.2, -0.15) is 5.10 Å². The zero-order valence-corrected chi connectivity index (χ0v) is 14.7. The number of amides is 1. The lowest BCUT2D eigenvalue weighted by Crippen LogP contribution is -2.61. The van der Waals surface area contributed by atoms with E-state index in [2.05, 4.69) is 26.4 Å². The summed E-state index contributed by atoms with van der Waals surface area (Å²) in [5.74, 6) is 1.13. The Labute approximate surface area is 144 Å². The van der Waals surface area contributed by atoms with Crippen molar-refractivity contribution < 1.29 is 4.79 Å². The summed E-state index contributed by atoms with van der Waals surface area (Å²) >= 11 is 0. The maximum atomic E-state index is 12.1. The van der Waals surface area contributed by atoms with Crippen LogP contribution in [-0.2, 0) is 18.4 Å². The standard InChI is InChI=1S/C18H29N5O/c1-21-10-16(9-19-21)12-23-8-7-22(11-15-4-5-15)13-18(14-23)6-2-3-17(24)20-18/h9-10,15H,2-8,11-14H2,1H3,(H,20,24). The summed E-state index contributed by atoms with van der Waals surface area (Å²) in [7, 11) is 1.96. The number of nitrogens with zero attached hydrogens (tertiary/aromatic N) is 4. The largest absolute Gasteiger partial charge is 0.348 e. The first-order valence-electron chi connectivity index (χ1n) is 9.33. The second-order valence-corrected chi connectivity index (χ2v) is 8.09. The van der Waals surface area contributed by atoms with Crippen LogP contribution < -0.4 is 5.32 Å². The van der Waals surface area contributed by atoms with Crippen LogP contribution in [0.25, 0.3) is 0 Å². The zero-order chi connectivity index (χ0) is 16.6. The van der Waals surface area contributed by atoms with Crippen molar-refractivity contribution in [2.24, 2.45) is 13.0 Å². The Morgan fingerprint density at radius 2 is 2.08 bits per heavy atom. The minimum atomic E-state index is -0.0665. The summed E-state index contributed by atoms with van der Waals surface area (Å²) in [6.45, 7) is 6.27. The molecule has 1 atom stereocenters. The van der Waals surface area contributed by atoms with Gasteiger partial charge in [0.05, 0.1) is 11.7 Å². The fourth-order valence-corrected chi connectivity index (χ4v) is 4.36. The maximum absolute atomic E-state index is 12.1. The molecule has 132 valence electrons. The number of aromatic nitrogens is 2. The molecule has 6 nitrogen and oxygen atoms in total. The Morgan fingerprint density at radius 3 is 2.79 bits per heavy atom. The molecule has 1 aliphatic carbocycles. The monoisotopic (exact) mass is 331 g/mol. The van der Waals surface area contributed by atoms with Gasteiger partial charge in [0, 0.05) is 64.5 Å². The lowest BCUT2D eigenvalue weighted by Gasteiger charge is -2.41. The normalized spacial score (nSPS) is 29.6. The van der Waals surface area contributed by atoms with Crippen molar-refractivity contribution in [1.29, 1.82) is 0 Å². The Balaban J connectivity index is 1.49. The average Bonchev–Trinajstić information content (AvgIpc) is 3.27. The Kier molecular flexibility index (Phi) is 4.35. The van der Waals surface area contributed by atoms with Crippen molar-refractivity contribution in [2.45, 2.75) is 44.2 Å². The summed E-state index contributed by atoms with van der Waals surface area (Å²) in [6.07, 6.45) is 9.63. The highest BCUT2D eigenvalue weighted by Crippen LogP contribution is 2.32. The first kappa shape index (κ1) is 16.1. The topological polar surface area (TPSA) is 53.4 Å². The molecular formula is C18H29N5O. The lowest BCUT2D eigenvalue weighted by molar-refractivity contribution is -0.125. The molecule has 0 aromatic carbocycles. The van der Waals surface area contributed by atoms with E-state index in [0.717, 1.165) is 51.5 Å². The highest BCUT2D eigenvalue weighted by Gasteiger charge is 2.41.